The summed E-state index contributed by atoms with van der Waals surface area (Å²) < 4.78 is 0. The van der Waals surface area contributed by atoms with Crippen molar-refractivity contribution in [2.75, 3.05) is 18.0 Å². The van der Waals surface area contributed by atoms with E-state index in [4.69, 9.17) is 11.6 Å². The van der Waals surface area contributed by atoms with Gasteiger partial charge >= 0.3 is 0 Å². The van der Waals surface area contributed by atoms with E-state index in [-0.39, 0.29) is 17.8 Å². The molecule has 1 atom stereocenters. The normalized spacial score (nSPS) is 16.1. The fourth-order valence-corrected chi connectivity index (χ4v) is 3.26. The standard InChI is InChI=1S/C18H20ClN.ClH/c19-18(15-9-3-1-4-10-15)16-11-5-6-12-17(16)20-13-7-2-8-14-20;/h1,3-6,9-12,18H,2,7-8,13-14H2;1H. The van der Waals surface area contributed by atoms with Crippen molar-refractivity contribution < 1.29 is 0 Å². The van der Waals surface area contributed by atoms with E-state index >= 15 is 0 Å². The summed E-state index contributed by atoms with van der Waals surface area (Å²) in [6, 6.07) is 18.9. The van der Waals surface area contributed by atoms with Crippen molar-refractivity contribution in [3.05, 3.63) is 65.7 Å². The second-order valence-electron chi connectivity index (χ2n) is 5.38. The van der Waals surface area contributed by atoms with Crippen LogP contribution in [0.5, 0.6) is 0 Å². The summed E-state index contributed by atoms with van der Waals surface area (Å²) >= 11 is 6.73. The maximum absolute atomic E-state index is 6.73. The molecule has 21 heavy (non-hydrogen) atoms. The molecule has 0 saturated carbocycles. The molecule has 1 aliphatic heterocycles. The predicted molar refractivity (Wildman–Crippen MR) is 93.9 cm³/mol. The van der Waals surface area contributed by atoms with E-state index in [2.05, 4.69) is 41.3 Å². The van der Waals surface area contributed by atoms with Gasteiger partial charge in [-0.25, -0.2) is 0 Å². The third-order valence-corrected chi connectivity index (χ3v) is 4.49. The van der Waals surface area contributed by atoms with Crippen molar-refractivity contribution >= 4 is 29.7 Å². The summed E-state index contributed by atoms with van der Waals surface area (Å²) in [6.07, 6.45) is 3.92. The van der Waals surface area contributed by atoms with Gasteiger partial charge in [0.2, 0.25) is 0 Å². The minimum Gasteiger partial charge on any atom is -0.371 e. The van der Waals surface area contributed by atoms with Crippen LogP contribution in [0.3, 0.4) is 0 Å². The van der Waals surface area contributed by atoms with Gasteiger partial charge < -0.3 is 4.90 Å². The summed E-state index contributed by atoms with van der Waals surface area (Å²) in [6.45, 7) is 2.30. The number of halogens is 2. The molecule has 0 N–H and O–H groups in total. The lowest BCUT2D eigenvalue weighted by Crippen LogP contribution is -2.30. The Labute approximate surface area is 138 Å². The van der Waals surface area contributed by atoms with Crippen LogP contribution in [-0.2, 0) is 0 Å². The Morgan fingerprint density at radius 2 is 1.43 bits per heavy atom. The van der Waals surface area contributed by atoms with E-state index in [1.807, 2.05) is 18.2 Å². The summed E-state index contributed by atoms with van der Waals surface area (Å²) in [5.41, 5.74) is 3.69. The first-order valence-corrected chi connectivity index (χ1v) is 7.83. The molecule has 112 valence electrons. The molecular weight excluding hydrogens is 301 g/mol. The smallest absolute Gasteiger partial charge is 0.0855 e. The minimum atomic E-state index is -0.0747. The van der Waals surface area contributed by atoms with Crippen LogP contribution < -0.4 is 4.90 Å². The average molecular weight is 322 g/mol. The zero-order valence-corrected chi connectivity index (χ0v) is 13.6. The number of alkyl halides is 1. The summed E-state index contributed by atoms with van der Waals surface area (Å²) in [4.78, 5) is 2.48. The molecule has 0 aliphatic carbocycles. The second kappa shape index (κ2) is 7.72. The molecule has 1 aliphatic rings. The average Bonchev–Trinajstić information content (AvgIpc) is 2.56. The topological polar surface area (TPSA) is 3.24 Å². The molecule has 1 heterocycles. The van der Waals surface area contributed by atoms with Crippen LogP contribution in [-0.4, -0.2) is 13.1 Å². The number of hydrogen-bond donors (Lipinski definition) is 0. The Bertz CT molecular complexity index is 550. The van der Waals surface area contributed by atoms with Crippen molar-refractivity contribution in [1.29, 1.82) is 0 Å². The maximum Gasteiger partial charge on any atom is 0.0855 e. The molecule has 0 amide bonds. The lowest BCUT2D eigenvalue weighted by molar-refractivity contribution is 0.576. The van der Waals surface area contributed by atoms with Crippen LogP contribution in [0.4, 0.5) is 5.69 Å². The van der Waals surface area contributed by atoms with Gasteiger partial charge in [0.05, 0.1) is 5.38 Å². The van der Waals surface area contributed by atoms with Gasteiger partial charge in [0.1, 0.15) is 0 Å². The van der Waals surface area contributed by atoms with E-state index in [9.17, 15) is 0 Å². The Kier molecular flexibility index (Phi) is 5.96. The van der Waals surface area contributed by atoms with Crippen LogP contribution >= 0.6 is 24.0 Å². The Morgan fingerprint density at radius 3 is 2.14 bits per heavy atom. The van der Waals surface area contributed by atoms with Gasteiger partial charge in [-0.3, -0.25) is 0 Å². The van der Waals surface area contributed by atoms with Crippen LogP contribution in [0, 0.1) is 0 Å². The minimum absolute atomic E-state index is 0. The monoisotopic (exact) mass is 321 g/mol. The molecule has 0 aromatic heterocycles. The van der Waals surface area contributed by atoms with Crippen molar-refractivity contribution in [2.24, 2.45) is 0 Å². The number of piperidine rings is 1. The molecule has 1 fully saturated rings. The molecule has 1 unspecified atom stereocenters. The third kappa shape index (κ3) is 3.72. The van der Waals surface area contributed by atoms with E-state index < -0.39 is 0 Å². The molecule has 0 spiro atoms. The first-order valence-electron chi connectivity index (χ1n) is 7.39. The van der Waals surface area contributed by atoms with Gasteiger partial charge in [0, 0.05) is 18.8 Å². The maximum atomic E-state index is 6.73. The van der Waals surface area contributed by atoms with Crippen molar-refractivity contribution in [3.8, 4) is 0 Å². The fraction of sp³-hybridized carbons (Fsp3) is 0.333. The highest BCUT2D eigenvalue weighted by Crippen LogP contribution is 2.36. The van der Waals surface area contributed by atoms with Crippen LogP contribution in [0.1, 0.15) is 35.8 Å². The Hall–Kier alpha value is -1.18. The highest BCUT2D eigenvalue weighted by Gasteiger charge is 2.19. The van der Waals surface area contributed by atoms with E-state index in [1.54, 1.807) is 0 Å². The third-order valence-electron chi connectivity index (χ3n) is 4.00. The van der Waals surface area contributed by atoms with E-state index in [0.717, 1.165) is 13.1 Å². The summed E-state index contributed by atoms with van der Waals surface area (Å²) in [5.74, 6) is 0. The molecule has 1 nitrogen and oxygen atoms in total. The quantitative estimate of drug-likeness (QED) is 0.681. The lowest BCUT2D eigenvalue weighted by Gasteiger charge is -2.31. The van der Waals surface area contributed by atoms with Gasteiger partial charge in [-0.2, -0.15) is 0 Å². The zero-order chi connectivity index (χ0) is 13.8. The van der Waals surface area contributed by atoms with E-state index in [0.29, 0.717) is 0 Å². The predicted octanol–water partition coefficient (Wildman–Crippen LogP) is 5.43. The first kappa shape index (κ1) is 16.2. The lowest BCUT2D eigenvalue weighted by atomic mass is 10.0. The number of benzene rings is 2. The first-order chi connectivity index (χ1) is 9.86. The number of para-hydroxylation sites is 1. The molecular formula is C18H21Cl2N. The number of rotatable bonds is 3. The van der Waals surface area contributed by atoms with Gasteiger partial charge in [0.15, 0.2) is 0 Å². The van der Waals surface area contributed by atoms with Crippen molar-refractivity contribution in [3.63, 3.8) is 0 Å². The molecule has 3 heteroatoms. The summed E-state index contributed by atoms with van der Waals surface area (Å²) in [5, 5.41) is -0.0747. The van der Waals surface area contributed by atoms with Crippen LogP contribution in [0.15, 0.2) is 54.6 Å². The molecule has 1 saturated heterocycles. The molecule has 2 aromatic rings. The Morgan fingerprint density at radius 1 is 0.810 bits per heavy atom. The van der Waals surface area contributed by atoms with Crippen LogP contribution in [0.25, 0.3) is 0 Å². The van der Waals surface area contributed by atoms with Crippen molar-refractivity contribution in [1.82, 2.24) is 0 Å². The van der Waals surface area contributed by atoms with Gasteiger partial charge in [-0.1, -0.05) is 48.5 Å². The number of anilines is 1. The number of hydrogen-bond acceptors (Lipinski definition) is 1. The van der Waals surface area contributed by atoms with Crippen molar-refractivity contribution in [2.45, 2.75) is 24.6 Å². The van der Waals surface area contributed by atoms with Gasteiger partial charge in [-0.15, -0.1) is 24.0 Å². The van der Waals surface area contributed by atoms with E-state index in [1.165, 1.54) is 36.1 Å². The van der Waals surface area contributed by atoms with Crippen LogP contribution in [0.2, 0.25) is 0 Å². The summed E-state index contributed by atoms with van der Waals surface area (Å²) in [7, 11) is 0. The highest BCUT2D eigenvalue weighted by molar-refractivity contribution is 6.23. The highest BCUT2D eigenvalue weighted by atomic mass is 35.5. The largest absolute Gasteiger partial charge is 0.371 e. The molecule has 2 aromatic carbocycles. The molecule has 0 radical (unpaired) electrons. The Balaban J connectivity index is 0.00000161. The van der Waals surface area contributed by atoms with Gasteiger partial charge in [0.25, 0.3) is 0 Å². The number of nitrogens with zero attached hydrogens (tertiary/aromatic N) is 1. The second-order valence-corrected chi connectivity index (χ2v) is 5.82. The zero-order valence-electron chi connectivity index (χ0n) is 12.0. The fourth-order valence-electron chi connectivity index (χ4n) is 2.93. The SMILES string of the molecule is Cl.ClC(c1ccccc1)c1ccccc1N1CCCCC1. The van der Waals surface area contributed by atoms with Gasteiger partial charge in [-0.05, 0) is 36.5 Å². The molecule has 0 bridgehead atoms. The molecule has 3 rings (SSSR count).